The number of halogens is 1. The normalized spacial score (nSPS) is 10.0. The largest absolute Gasteiger partial charge is 0.464 e. The molecule has 0 unspecified atom stereocenters. The molecular formula is C9H17IO3. The number of unbranched alkanes of at least 4 members (excludes halogenated alkanes) is 2. The molecule has 0 aromatic heterocycles. The van der Waals surface area contributed by atoms with Crippen molar-refractivity contribution in [2.45, 2.75) is 26.2 Å². The maximum atomic E-state index is 10.8. The Hall–Kier alpha value is 0.160. The van der Waals surface area contributed by atoms with Crippen LogP contribution in [-0.2, 0) is 14.3 Å². The van der Waals surface area contributed by atoms with E-state index in [9.17, 15) is 4.79 Å². The fourth-order valence-electron chi connectivity index (χ4n) is 0.834. The first-order valence-corrected chi connectivity index (χ1v) is 6.13. The molecule has 0 N–H and O–H groups in total. The van der Waals surface area contributed by atoms with Crippen molar-refractivity contribution < 1.29 is 14.3 Å². The molecule has 0 heterocycles. The number of carbonyl (C=O) groups excluding carboxylic acids is 1. The zero-order chi connectivity index (χ0) is 9.94. The van der Waals surface area contributed by atoms with E-state index in [0.717, 1.165) is 6.42 Å². The number of esters is 1. The van der Waals surface area contributed by atoms with Crippen molar-refractivity contribution in [1.82, 2.24) is 0 Å². The number of rotatable bonds is 8. The molecule has 13 heavy (non-hydrogen) atoms. The van der Waals surface area contributed by atoms with E-state index in [1.807, 2.05) is 0 Å². The van der Waals surface area contributed by atoms with Gasteiger partial charge in [-0.2, -0.15) is 0 Å². The summed E-state index contributed by atoms with van der Waals surface area (Å²) in [5.41, 5.74) is 0. The molecule has 0 aromatic rings. The van der Waals surface area contributed by atoms with Crippen LogP contribution in [0.2, 0.25) is 0 Å². The summed E-state index contributed by atoms with van der Waals surface area (Å²) in [5, 5.41) is 0. The molecule has 0 atom stereocenters. The van der Waals surface area contributed by atoms with Gasteiger partial charge < -0.3 is 9.47 Å². The highest BCUT2D eigenvalue weighted by atomic mass is 127. The van der Waals surface area contributed by atoms with Crippen LogP contribution >= 0.6 is 22.6 Å². The topological polar surface area (TPSA) is 35.5 Å². The van der Waals surface area contributed by atoms with Crippen LogP contribution in [0.3, 0.4) is 0 Å². The van der Waals surface area contributed by atoms with Gasteiger partial charge in [-0.05, 0) is 24.2 Å². The van der Waals surface area contributed by atoms with Crippen molar-refractivity contribution in [1.29, 1.82) is 0 Å². The molecule has 0 radical (unpaired) electrons. The molecule has 0 saturated carbocycles. The van der Waals surface area contributed by atoms with Gasteiger partial charge in [-0.3, -0.25) is 0 Å². The summed E-state index contributed by atoms with van der Waals surface area (Å²) in [6.45, 7) is 2.98. The highest BCUT2D eigenvalue weighted by molar-refractivity contribution is 14.1. The second kappa shape index (κ2) is 10.2. The lowest BCUT2D eigenvalue weighted by atomic mass is 10.3. The summed E-state index contributed by atoms with van der Waals surface area (Å²) in [7, 11) is 0. The third-order valence-corrected chi connectivity index (χ3v) is 2.21. The van der Waals surface area contributed by atoms with Crippen LogP contribution < -0.4 is 0 Å². The molecule has 0 saturated heterocycles. The molecule has 0 amide bonds. The number of hydrogen-bond donors (Lipinski definition) is 0. The predicted molar refractivity (Wildman–Crippen MR) is 60.2 cm³/mol. The lowest BCUT2D eigenvalue weighted by molar-refractivity contribution is -0.148. The van der Waals surface area contributed by atoms with Gasteiger partial charge in [0, 0.05) is 6.61 Å². The Kier molecular flexibility index (Phi) is 10.4. The first-order chi connectivity index (χ1) is 6.31. The van der Waals surface area contributed by atoms with Crippen LogP contribution in [0.4, 0.5) is 0 Å². The molecule has 4 heteroatoms. The van der Waals surface area contributed by atoms with E-state index in [2.05, 4.69) is 22.6 Å². The van der Waals surface area contributed by atoms with Crippen LogP contribution in [-0.4, -0.2) is 30.2 Å². The first kappa shape index (κ1) is 13.2. The minimum Gasteiger partial charge on any atom is -0.464 e. The van der Waals surface area contributed by atoms with E-state index < -0.39 is 0 Å². The molecular weight excluding hydrogens is 283 g/mol. The van der Waals surface area contributed by atoms with E-state index in [-0.39, 0.29) is 12.6 Å². The summed E-state index contributed by atoms with van der Waals surface area (Å²) in [5.74, 6) is -0.267. The fraction of sp³-hybridized carbons (Fsp3) is 0.889. The number of ether oxygens (including phenoxy) is 2. The standard InChI is InChI=1S/C9H17IO3/c1-2-13-9(11)8-12-7-5-3-4-6-10/h2-8H2,1H3. The number of hydrogen-bond acceptors (Lipinski definition) is 3. The van der Waals surface area contributed by atoms with Crippen molar-refractivity contribution in [3.63, 3.8) is 0 Å². The van der Waals surface area contributed by atoms with Gasteiger partial charge in [0.1, 0.15) is 6.61 Å². The Bertz CT molecular complexity index is 128. The molecule has 0 rings (SSSR count). The van der Waals surface area contributed by atoms with Crippen LogP contribution in [0.25, 0.3) is 0 Å². The third kappa shape index (κ3) is 10.1. The van der Waals surface area contributed by atoms with Crippen LogP contribution in [0.5, 0.6) is 0 Å². The van der Waals surface area contributed by atoms with Gasteiger partial charge in [0.25, 0.3) is 0 Å². The van der Waals surface area contributed by atoms with Crippen molar-refractivity contribution in [2.75, 3.05) is 24.2 Å². The number of carbonyl (C=O) groups is 1. The fourth-order valence-corrected chi connectivity index (χ4v) is 1.37. The summed E-state index contributed by atoms with van der Waals surface area (Å²) in [6, 6.07) is 0. The Morgan fingerprint density at radius 1 is 1.31 bits per heavy atom. The Labute approximate surface area is 93.3 Å². The zero-order valence-corrected chi connectivity index (χ0v) is 10.2. The minimum absolute atomic E-state index is 0.0953. The van der Waals surface area contributed by atoms with Gasteiger partial charge >= 0.3 is 5.97 Å². The van der Waals surface area contributed by atoms with E-state index >= 15 is 0 Å². The van der Waals surface area contributed by atoms with E-state index in [0.29, 0.717) is 13.2 Å². The SMILES string of the molecule is CCOC(=O)COCCCCCI. The molecule has 0 spiro atoms. The highest BCUT2D eigenvalue weighted by Crippen LogP contribution is 1.98. The van der Waals surface area contributed by atoms with Gasteiger partial charge in [-0.15, -0.1) is 0 Å². The van der Waals surface area contributed by atoms with E-state index in [4.69, 9.17) is 9.47 Å². The second-order valence-corrected chi connectivity index (χ2v) is 3.69. The van der Waals surface area contributed by atoms with Gasteiger partial charge in [-0.1, -0.05) is 29.0 Å². The maximum absolute atomic E-state index is 10.8. The molecule has 0 aromatic carbocycles. The molecule has 0 aliphatic carbocycles. The second-order valence-electron chi connectivity index (χ2n) is 2.61. The molecule has 0 aliphatic heterocycles. The lowest BCUT2D eigenvalue weighted by Gasteiger charge is -2.03. The van der Waals surface area contributed by atoms with E-state index in [1.165, 1.54) is 17.3 Å². The zero-order valence-electron chi connectivity index (χ0n) is 8.05. The van der Waals surface area contributed by atoms with E-state index in [1.54, 1.807) is 6.92 Å². The first-order valence-electron chi connectivity index (χ1n) is 4.60. The Morgan fingerprint density at radius 2 is 2.08 bits per heavy atom. The smallest absolute Gasteiger partial charge is 0.332 e. The molecule has 3 nitrogen and oxygen atoms in total. The summed E-state index contributed by atoms with van der Waals surface area (Å²) in [6.07, 6.45) is 3.43. The van der Waals surface area contributed by atoms with Crippen molar-refractivity contribution in [3.8, 4) is 0 Å². The summed E-state index contributed by atoms with van der Waals surface area (Å²) < 4.78 is 11.0. The third-order valence-electron chi connectivity index (χ3n) is 1.45. The predicted octanol–water partition coefficient (Wildman–Crippen LogP) is 2.17. The van der Waals surface area contributed by atoms with Crippen molar-refractivity contribution >= 4 is 28.6 Å². The average Bonchev–Trinajstić information content (AvgIpc) is 2.11. The summed E-state index contributed by atoms with van der Waals surface area (Å²) in [4.78, 5) is 10.8. The average molecular weight is 300 g/mol. The van der Waals surface area contributed by atoms with Crippen molar-refractivity contribution in [3.05, 3.63) is 0 Å². The molecule has 0 aliphatic rings. The Morgan fingerprint density at radius 3 is 2.69 bits per heavy atom. The van der Waals surface area contributed by atoms with Crippen LogP contribution in [0.1, 0.15) is 26.2 Å². The molecule has 0 bridgehead atoms. The lowest BCUT2D eigenvalue weighted by Crippen LogP contribution is -2.12. The van der Waals surface area contributed by atoms with Gasteiger partial charge in [0.05, 0.1) is 6.61 Å². The van der Waals surface area contributed by atoms with Gasteiger partial charge in [-0.25, -0.2) is 4.79 Å². The monoisotopic (exact) mass is 300 g/mol. The highest BCUT2D eigenvalue weighted by Gasteiger charge is 1.99. The van der Waals surface area contributed by atoms with Gasteiger partial charge in [0.15, 0.2) is 0 Å². The van der Waals surface area contributed by atoms with Gasteiger partial charge in [0.2, 0.25) is 0 Å². The molecule has 78 valence electrons. The minimum atomic E-state index is -0.267. The molecule has 0 fully saturated rings. The number of alkyl halides is 1. The Balaban J connectivity index is 3.02. The van der Waals surface area contributed by atoms with Crippen LogP contribution in [0, 0.1) is 0 Å². The quantitative estimate of drug-likeness (QED) is 0.298. The maximum Gasteiger partial charge on any atom is 0.332 e. The van der Waals surface area contributed by atoms with Crippen molar-refractivity contribution in [2.24, 2.45) is 0 Å². The summed E-state index contributed by atoms with van der Waals surface area (Å²) >= 11 is 2.36. The van der Waals surface area contributed by atoms with Crippen LogP contribution in [0.15, 0.2) is 0 Å².